The molecule has 2 N–H and O–H groups in total. The Balaban J connectivity index is 0.000000980. The molecule has 14 heavy (non-hydrogen) atoms. The van der Waals surface area contributed by atoms with Crippen molar-refractivity contribution in [2.24, 2.45) is 0 Å². The van der Waals surface area contributed by atoms with E-state index >= 15 is 0 Å². The summed E-state index contributed by atoms with van der Waals surface area (Å²) in [5, 5.41) is 9.57. The van der Waals surface area contributed by atoms with Gasteiger partial charge in [0.1, 0.15) is 15.9 Å². The maximum Gasteiger partial charge on any atom is 0.296 e. The molecule has 0 atom stereocenters. The summed E-state index contributed by atoms with van der Waals surface area (Å²) < 4.78 is 30.4. The number of nitrogens with zero attached hydrogens (tertiary/aromatic N) is 2. The van der Waals surface area contributed by atoms with Crippen molar-refractivity contribution in [3.05, 3.63) is 18.2 Å². The van der Waals surface area contributed by atoms with Gasteiger partial charge in [0, 0.05) is 29.6 Å². The zero-order valence-electron chi connectivity index (χ0n) is 7.30. The molecule has 69 valence electrons. The molecule has 1 aromatic carbocycles. The first-order valence-electron chi connectivity index (χ1n) is 3.36. The minimum atomic E-state index is -4.22. The molecule has 0 saturated heterocycles. The predicted octanol–water partition coefficient (Wildman–Crippen LogP) is -0.176. The van der Waals surface area contributed by atoms with Gasteiger partial charge in [-0.25, -0.2) is 0 Å². The van der Waals surface area contributed by atoms with E-state index in [9.17, 15) is 8.42 Å². The van der Waals surface area contributed by atoms with Crippen LogP contribution in [0.25, 0.3) is 11.0 Å². The van der Waals surface area contributed by atoms with Crippen molar-refractivity contribution in [2.75, 3.05) is 0 Å². The van der Waals surface area contributed by atoms with Crippen LogP contribution in [0, 0.1) is 0 Å². The average molecular weight is 222 g/mol. The van der Waals surface area contributed by atoms with Gasteiger partial charge in [-0.3, -0.25) is 4.55 Å². The third-order valence-electron chi connectivity index (χ3n) is 1.59. The summed E-state index contributed by atoms with van der Waals surface area (Å²) in [5.74, 6) is 0. The van der Waals surface area contributed by atoms with Crippen molar-refractivity contribution in [2.45, 2.75) is 4.90 Å². The van der Waals surface area contributed by atoms with E-state index in [0.29, 0.717) is 5.52 Å². The summed E-state index contributed by atoms with van der Waals surface area (Å²) >= 11 is 0. The molecule has 2 rings (SSSR count). The molecule has 0 spiro atoms. The van der Waals surface area contributed by atoms with Gasteiger partial charge in [0.15, 0.2) is 0 Å². The third-order valence-corrected chi connectivity index (χ3v) is 2.47. The monoisotopic (exact) mass is 222 g/mol. The van der Waals surface area contributed by atoms with E-state index in [1.807, 2.05) is 0 Å². The Morgan fingerprint density at radius 1 is 1.29 bits per heavy atom. The van der Waals surface area contributed by atoms with Crippen LogP contribution < -0.4 is 0 Å². The molecule has 0 bridgehead atoms. The molecular weight excluding hydrogens is 217 g/mol. The molecule has 0 aliphatic rings. The van der Waals surface area contributed by atoms with E-state index in [1.165, 1.54) is 12.1 Å². The number of hydrogen-bond donors (Lipinski definition) is 2. The summed E-state index contributed by atoms with van der Waals surface area (Å²) in [7, 11) is -4.22. The number of nitrogens with one attached hydrogen (secondary N) is 1. The van der Waals surface area contributed by atoms with Crippen molar-refractivity contribution in [3.8, 4) is 0 Å². The second-order valence-corrected chi connectivity index (χ2v) is 3.81. The van der Waals surface area contributed by atoms with Crippen LogP contribution in [0.3, 0.4) is 0 Å². The Morgan fingerprint density at radius 2 is 2.00 bits per heavy atom. The zero-order chi connectivity index (χ0) is 9.47. The first-order valence-corrected chi connectivity index (χ1v) is 4.80. The van der Waals surface area contributed by atoms with Crippen molar-refractivity contribution in [3.63, 3.8) is 0 Å². The minimum absolute atomic E-state index is 0. The third kappa shape index (κ3) is 1.96. The summed E-state index contributed by atoms with van der Waals surface area (Å²) in [5.41, 5.74) is 0.542. The predicted molar refractivity (Wildman–Crippen MR) is 49.5 cm³/mol. The molecule has 0 fully saturated rings. The van der Waals surface area contributed by atoms with E-state index in [4.69, 9.17) is 4.55 Å². The molecule has 0 aliphatic carbocycles. The Hall–Kier alpha value is -0.470. The van der Waals surface area contributed by atoms with Crippen molar-refractivity contribution in [1.29, 1.82) is 0 Å². The fraction of sp³-hybridized carbons (Fsp3) is 0. The van der Waals surface area contributed by atoms with Gasteiger partial charge in [-0.15, -0.1) is 0 Å². The van der Waals surface area contributed by atoms with Crippen LogP contribution in [0.5, 0.6) is 0 Å². The van der Waals surface area contributed by atoms with Crippen LogP contribution in [0.15, 0.2) is 23.1 Å². The SMILES string of the molecule is O=S(=O)(O)c1cccc2n[nH]nc12.[Na]. The minimum Gasteiger partial charge on any atom is -0.282 e. The number of rotatable bonds is 1. The zero-order valence-corrected chi connectivity index (χ0v) is 10.1. The second kappa shape index (κ2) is 3.95. The first-order chi connectivity index (χ1) is 6.09. The van der Waals surface area contributed by atoms with Crippen LogP contribution in [0.4, 0.5) is 0 Å². The molecule has 1 heterocycles. The van der Waals surface area contributed by atoms with Crippen LogP contribution in [0.2, 0.25) is 0 Å². The van der Waals surface area contributed by atoms with E-state index < -0.39 is 10.1 Å². The molecule has 0 saturated carbocycles. The van der Waals surface area contributed by atoms with E-state index in [1.54, 1.807) is 6.07 Å². The van der Waals surface area contributed by atoms with Gasteiger partial charge in [-0.1, -0.05) is 6.07 Å². The number of benzene rings is 1. The van der Waals surface area contributed by atoms with Gasteiger partial charge >= 0.3 is 0 Å². The molecule has 0 amide bonds. The van der Waals surface area contributed by atoms with Gasteiger partial charge in [-0.05, 0) is 12.1 Å². The summed E-state index contributed by atoms with van der Waals surface area (Å²) in [6.07, 6.45) is 0. The van der Waals surface area contributed by atoms with Gasteiger partial charge < -0.3 is 0 Å². The standard InChI is InChI=1S/C6H5N3O3S.Na/c10-13(11,12)5-3-1-2-4-6(5)8-9-7-4;/h1-3H,(H,7,8,9)(H,10,11,12);. The largest absolute Gasteiger partial charge is 0.296 e. The molecule has 1 radical (unpaired) electrons. The number of para-hydroxylation sites is 1. The molecule has 1 aromatic heterocycles. The van der Waals surface area contributed by atoms with E-state index in [0.717, 1.165) is 0 Å². The van der Waals surface area contributed by atoms with Crippen LogP contribution in [-0.2, 0) is 10.1 Å². The van der Waals surface area contributed by atoms with Crippen molar-refractivity contribution >= 4 is 50.7 Å². The topological polar surface area (TPSA) is 95.9 Å². The summed E-state index contributed by atoms with van der Waals surface area (Å²) in [4.78, 5) is -0.237. The Labute approximate surface area is 102 Å². The van der Waals surface area contributed by atoms with Crippen LogP contribution in [-0.4, -0.2) is 57.9 Å². The number of hydrogen-bond acceptors (Lipinski definition) is 4. The molecule has 6 nitrogen and oxygen atoms in total. The molecule has 2 aromatic rings. The van der Waals surface area contributed by atoms with Gasteiger partial charge in [0.25, 0.3) is 10.1 Å². The van der Waals surface area contributed by atoms with Gasteiger partial charge in [0.2, 0.25) is 0 Å². The second-order valence-electron chi connectivity index (χ2n) is 2.42. The van der Waals surface area contributed by atoms with E-state index in [-0.39, 0.29) is 40.0 Å². The van der Waals surface area contributed by atoms with Gasteiger partial charge in [0.05, 0.1) is 0 Å². The first kappa shape index (κ1) is 11.6. The Morgan fingerprint density at radius 3 is 2.64 bits per heavy atom. The summed E-state index contributed by atoms with van der Waals surface area (Å²) in [6, 6.07) is 4.33. The Kier molecular flexibility index (Phi) is 3.28. The van der Waals surface area contributed by atoms with E-state index in [2.05, 4.69) is 15.4 Å². The molecule has 0 unspecified atom stereocenters. The van der Waals surface area contributed by atoms with Crippen molar-refractivity contribution < 1.29 is 13.0 Å². The smallest absolute Gasteiger partial charge is 0.282 e. The maximum absolute atomic E-state index is 10.8. The van der Waals surface area contributed by atoms with Gasteiger partial charge in [-0.2, -0.15) is 23.8 Å². The fourth-order valence-electron chi connectivity index (χ4n) is 1.05. The van der Waals surface area contributed by atoms with Crippen LogP contribution >= 0.6 is 0 Å². The number of H-pyrrole nitrogens is 1. The fourth-order valence-corrected chi connectivity index (χ4v) is 1.70. The summed E-state index contributed by atoms with van der Waals surface area (Å²) in [6.45, 7) is 0. The average Bonchev–Trinajstić information content (AvgIpc) is 2.48. The number of fused-ring (bicyclic) bond motifs is 1. The van der Waals surface area contributed by atoms with Crippen LogP contribution in [0.1, 0.15) is 0 Å². The maximum atomic E-state index is 10.8. The quantitative estimate of drug-likeness (QED) is 0.515. The molecular formula is C6H5N3NaO3S. The number of aromatic amines is 1. The normalized spacial score (nSPS) is 11.2. The Bertz CT molecular complexity index is 550. The molecule has 8 heteroatoms. The number of aromatic nitrogens is 3. The van der Waals surface area contributed by atoms with Crippen molar-refractivity contribution in [1.82, 2.24) is 15.4 Å². The molecule has 0 aliphatic heterocycles.